The maximum atomic E-state index is 13.4. The number of hydrazine groups is 1. The molecular weight excluding hydrogens is 399 g/mol. The predicted octanol–water partition coefficient (Wildman–Crippen LogP) is 2.92. The average molecular weight is 420 g/mol. The Morgan fingerprint density at radius 2 is 2.00 bits per heavy atom. The number of Topliss-reactive ketones (excluding diaryl/α,β-unsaturated/α-hetero) is 1. The van der Waals surface area contributed by atoms with E-state index >= 15 is 0 Å². The molecule has 5 rings (SSSR count). The van der Waals surface area contributed by atoms with Gasteiger partial charge in [-0.3, -0.25) is 10.2 Å². The molecule has 1 aliphatic carbocycles. The van der Waals surface area contributed by atoms with E-state index in [2.05, 4.69) is 16.9 Å². The summed E-state index contributed by atoms with van der Waals surface area (Å²) in [6.07, 6.45) is 2.33. The first-order valence-corrected chi connectivity index (χ1v) is 10.2. The highest BCUT2D eigenvalue weighted by Crippen LogP contribution is 2.48. The number of rotatable bonds is 3. The molecule has 4 N–H and O–H groups in total. The third-order valence-electron chi connectivity index (χ3n) is 6.33. The van der Waals surface area contributed by atoms with Crippen LogP contribution in [0, 0.1) is 29.0 Å². The molecule has 0 amide bonds. The third-order valence-corrected chi connectivity index (χ3v) is 6.33. The first kappa shape index (κ1) is 19.5. The Hall–Kier alpha value is -3.41. The Morgan fingerprint density at radius 1 is 1.19 bits per heavy atom. The molecule has 8 heteroatoms. The summed E-state index contributed by atoms with van der Waals surface area (Å²) in [4.78, 5) is 13.3. The lowest BCUT2D eigenvalue weighted by atomic mass is 9.70. The molecule has 1 aromatic heterocycles. The number of nitrogens with one attached hydrogen (secondary N) is 2. The van der Waals surface area contributed by atoms with E-state index in [9.17, 15) is 14.4 Å². The van der Waals surface area contributed by atoms with Crippen LogP contribution in [-0.4, -0.2) is 12.3 Å². The maximum absolute atomic E-state index is 13.4. The maximum Gasteiger partial charge on any atom is 0.204 e. The topological polar surface area (TPSA) is 113 Å². The van der Waals surface area contributed by atoms with Crippen LogP contribution in [0.3, 0.4) is 0 Å². The molecule has 2 aliphatic heterocycles. The van der Waals surface area contributed by atoms with Gasteiger partial charge in [0.1, 0.15) is 23.4 Å². The number of benzene rings is 1. The second-order valence-corrected chi connectivity index (χ2v) is 8.07. The number of hydrogen-bond acceptors (Lipinski definition) is 7. The van der Waals surface area contributed by atoms with Crippen LogP contribution in [0.2, 0.25) is 0 Å². The van der Waals surface area contributed by atoms with Crippen molar-refractivity contribution in [1.29, 1.82) is 5.26 Å². The fourth-order valence-corrected chi connectivity index (χ4v) is 4.92. The van der Waals surface area contributed by atoms with Gasteiger partial charge in [-0.1, -0.05) is 12.1 Å². The molecule has 1 fully saturated rings. The number of ketones is 1. The monoisotopic (exact) mass is 420 g/mol. The summed E-state index contributed by atoms with van der Waals surface area (Å²) in [5, 5.41) is 9.86. The molecule has 31 heavy (non-hydrogen) atoms. The standard InChI is InChI=1S/C23H21FN4O3/c24-14-5-3-12(4-6-14)22-16(11-27-28-22)20-15(10-25)23(26)31-19-9-13(8-17(29)21(19)20)18-2-1-7-30-18/h1-7,13,16,20,22,27-28H,8-9,11,26H2. The zero-order valence-electron chi connectivity index (χ0n) is 16.6. The fraction of sp³-hybridized carbons (Fsp3) is 0.304. The van der Waals surface area contributed by atoms with Crippen LogP contribution in [0.4, 0.5) is 4.39 Å². The van der Waals surface area contributed by atoms with Gasteiger partial charge >= 0.3 is 0 Å². The highest BCUT2D eigenvalue weighted by Gasteiger charge is 2.47. The molecule has 3 heterocycles. The van der Waals surface area contributed by atoms with Crippen LogP contribution in [0.5, 0.6) is 0 Å². The number of nitriles is 1. The van der Waals surface area contributed by atoms with Crippen molar-refractivity contribution in [1.82, 2.24) is 10.9 Å². The van der Waals surface area contributed by atoms with Gasteiger partial charge in [0.05, 0.1) is 17.9 Å². The minimum absolute atomic E-state index is 0.0314. The molecule has 0 radical (unpaired) electrons. The van der Waals surface area contributed by atoms with Crippen LogP contribution in [0.25, 0.3) is 0 Å². The van der Waals surface area contributed by atoms with Crippen LogP contribution < -0.4 is 16.6 Å². The lowest BCUT2D eigenvalue weighted by Crippen LogP contribution is -2.36. The molecule has 3 aliphatic rings. The quantitative estimate of drug-likeness (QED) is 0.700. The predicted molar refractivity (Wildman–Crippen MR) is 108 cm³/mol. The minimum atomic E-state index is -0.517. The molecule has 0 spiro atoms. The first-order valence-electron chi connectivity index (χ1n) is 10.2. The van der Waals surface area contributed by atoms with E-state index in [0.29, 0.717) is 24.3 Å². The lowest BCUT2D eigenvalue weighted by Gasteiger charge is -2.37. The summed E-state index contributed by atoms with van der Waals surface area (Å²) in [6, 6.07) is 11.8. The van der Waals surface area contributed by atoms with Crippen molar-refractivity contribution in [2.24, 2.45) is 17.6 Å². The summed E-state index contributed by atoms with van der Waals surface area (Å²) in [7, 11) is 0. The zero-order valence-corrected chi connectivity index (χ0v) is 16.6. The number of ether oxygens (including phenoxy) is 1. The van der Waals surface area contributed by atoms with Gasteiger partial charge in [-0.25, -0.2) is 9.82 Å². The number of nitrogens with two attached hydrogens (primary N) is 1. The lowest BCUT2D eigenvalue weighted by molar-refractivity contribution is -0.117. The third kappa shape index (κ3) is 3.32. The van der Waals surface area contributed by atoms with E-state index in [1.54, 1.807) is 24.5 Å². The van der Waals surface area contributed by atoms with Crippen LogP contribution in [0.15, 0.2) is 69.9 Å². The van der Waals surface area contributed by atoms with Gasteiger partial charge in [-0.05, 0) is 29.8 Å². The number of carbonyl (C=O) groups excluding carboxylic acids is 1. The molecule has 2 aromatic rings. The molecule has 4 unspecified atom stereocenters. The van der Waals surface area contributed by atoms with Crippen molar-refractivity contribution >= 4 is 5.78 Å². The number of hydrogen-bond donors (Lipinski definition) is 3. The SMILES string of the molecule is N#CC1=C(N)OC2=C(C(=O)CC(c3ccco3)C2)C1C1CNNC1c1ccc(F)cc1. The second-order valence-electron chi connectivity index (χ2n) is 8.07. The minimum Gasteiger partial charge on any atom is -0.469 e. The van der Waals surface area contributed by atoms with E-state index in [1.807, 2.05) is 6.07 Å². The van der Waals surface area contributed by atoms with Gasteiger partial charge in [0.2, 0.25) is 5.88 Å². The van der Waals surface area contributed by atoms with Crippen LogP contribution >= 0.6 is 0 Å². The van der Waals surface area contributed by atoms with Crippen LogP contribution in [0.1, 0.15) is 36.1 Å². The number of furan rings is 1. The van der Waals surface area contributed by atoms with Crippen molar-refractivity contribution in [3.05, 3.63) is 82.6 Å². The number of halogens is 1. The molecule has 158 valence electrons. The van der Waals surface area contributed by atoms with Crippen molar-refractivity contribution in [2.45, 2.75) is 24.8 Å². The van der Waals surface area contributed by atoms with Gasteiger partial charge in [0.15, 0.2) is 5.78 Å². The fourth-order valence-electron chi connectivity index (χ4n) is 4.92. The Bertz CT molecular complexity index is 1110. The first-order chi connectivity index (χ1) is 15.1. The van der Waals surface area contributed by atoms with E-state index in [0.717, 1.165) is 11.3 Å². The Balaban J connectivity index is 1.55. The molecule has 4 atom stereocenters. The van der Waals surface area contributed by atoms with E-state index < -0.39 is 5.92 Å². The van der Waals surface area contributed by atoms with E-state index in [4.69, 9.17) is 14.9 Å². The Kier molecular flexibility index (Phi) is 4.85. The average Bonchev–Trinajstić information content (AvgIpc) is 3.45. The van der Waals surface area contributed by atoms with Gasteiger partial charge < -0.3 is 14.9 Å². The van der Waals surface area contributed by atoms with E-state index in [-0.39, 0.29) is 47.4 Å². The van der Waals surface area contributed by atoms with Crippen LogP contribution in [-0.2, 0) is 9.53 Å². The highest BCUT2D eigenvalue weighted by molar-refractivity contribution is 5.99. The molecular formula is C23H21FN4O3. The molecule has 1 saturated heterocycles. The number of carbonyl (C=O) groups is 1. The number of allylic oxidation sites excluding steroid dienone is 3. The smallest absolute Gasteiger partial charge is 0.204 e. The van der Waals surface area contributed by atoms with Crippen molar-refractivity contribution in [3.63, 3.8) is 0 Å². The number of nitrogens with zero attached hydrogens (tertiary/aromatic N) is 1. The van der Waals surface area contributed by atoms with E-state index in [1.165, 1.54) is 12.1 Å². The summed E-state index contributed by atoms with van der Waals surface area (Å²) >= 11 is 0. The summed E-state index contributed by atoms with van der Waals surface area (Å²) < 4.78 is 24.7. The molecule has 7 nitrogen and oxygen atoms in total. The normalized spacial score (nSPS) is 28.3. The van der Waals surface area contributed by atoms with Gasteiger partial charge in [0, 0.05) is 42.7 Å². The van der Waals surface area contributed by atoms with Gasteiger partial charge in [0.25, 0.3) is 0 Å². The summed E-state index contributed by atoms with van der Waals surface area (Å²) in [6.45, 7) is 0.511. The zero-order chi connectivity index (χ0) is 21.5. The summed E-state index contributed by atoms with van der Waals surface area (Å²) in [5.41, 5.74) is 14.1. The molecule has 0 saturated carbocycles. The Morgan fingerprint density at radius 3 is 2.71 bits per heavy atom. The van der Waals surface area contributed by atoms with Crippen molar-refractivity contribution in [3.8, 4) is 6.07 Å². The van der Waals surface area contributed by atoms with Gasteiger partial charge in [-0.15, -0.1) is 0 Å². The largest absolute Gasteiger partial charge is 0.469 e. The van der Waals surface area contributed by atoms with Crippen molar-refractivity contribution < 1.29 is 18.3 Å². The highest BCUT2D eigenvalue weighted by atomic mass is 19.1. The second kappa shape index (κ2) is 7.69. The van der Waals surface area contributed by atoms with Gasteiger partial charge in [-0.2, -0.15) is 5.26 Å². The molecule has 1 aromatic carbocycles. The van der Waals surface area contributed by atoms with Crippen molar-refractivity contribution in [2.75, 3.05) is 6.54 Å². The summed E-state index contributed by atoms with van der Waals surface area (Å²) in [5.74, 6) is 0.0298. The Labute approximate surface area is 178 Å². The molecule has 0 bridgehead atoms.